The van der Waals surface area contributed by atoms with Crippen LogP contribution in [0.5, 0.6) is 17.2 Å². The van der Waals surface area contributed by atoms with E-state index in [2.05, 4.69) is 4.90 Å². The molecule has 0 saturated heterocycles. The van der Waals surface area contributed by atoms with E-state index in [1.807, 2.05) is 39.2 Å². The van der Waals surface area contributed by atoms with Crippen molar-refractivity contribution in [1.82, 2.24) is 9.88 Å². The summed E-state index contributed by atoms with van der Waals surface area (Å²) in [7, 11) is 5.60. The maximum absolute atomic E-state index is 13.7. The minimum Gasteiger partial charge on any atom is -0.494 e. The SMILES string of the molecule is COc1ccc(Cl)c2sc(N(CCCN(C)C)C(=O)C3Oc4ccccc4OC3C)nc12. The number of aromatic nitrogens is 1. The summed E-state index contributed by atoms with van der Waals surface area (Å²) in [4.78, 5) is 22.2. The van der Waals surface area contributed by atoms with E-state index >= 15 is 0 Å². The van der Waals surface area contributed by atoms with Gasteiger partial charge in [0, 0.05) is 6.54 Å². The Morgan fingerprint density at radius 2 is 1.88 bits per heavy atom. The molecule has 7 nitrogen and oxygen atoms in total. The summed E-state index contributed by atoms with van der Waals surface area (Å²) in [5, 5.41) is 1.13. The van der Waals surface area contributed by atoms with Crippen LogP contribution in [0.4, 0.5) is 5.13 Å². The Bertz CT molecular complexity index is 1120. The monoisotopic (exact) mass is 475 g/mol. The number of anilines is 1. The van der Waals surface area contributed by atoms with Crippen LogP contribution in [-0.2, 0) is 4.79 Å². The second-order valence-electron chi connectivity index (χ2n) is 7.88. The molecule has 0 bridgehead atoms. The molecule has 3 aromatic rings. The summed E-state index contributed by atoms with van der Waals surface area (Å²) < 4.78 is 18.3. The predicted octanol–water partition coefficient (Wildman–Crippen LogP) is 4.47. The number of hydrogen-bond donors (Lipinski definition) is 0. The Balaban J connectivity index is 1.68. The van der Waals surface area contributed by atoms with Crippen LogP contribution >= 0.6 is 22.9 Å². The number of thiazole rings is 1. The van der Waals surface area contributed by atoms with Gasteiger partial charge in [0.05, 0.1) is 16.8 Å². The number of nitrogens with zero attached hydrogens (tertiary/aromatic N) is 3. The standard InChI is InChI=1S/C23H26ClN3O4S/c1-14-20(31-17-9-6-5-8-16(17)30-14)22(28)27(13-7-12-26(2)3)23-25-19-18(29-4)11-10-15(24)21(19)32-23/h5-6,8-11,14,20H,7,12-13H2,1-4H3. The van der Waals surface area contributed by atoms with Gasteiger partial charge in [-0.1, -0.05) is 35.1 Å². The van der Waals surface area contributed by atoms with Gasteiger partial charge in [-0.2, -0.15) is 0 Å². The maximum atomic E-state index is 13.7. The first-order valence-electron chi connectivity index (χ1n) is 10.4. The third-order valence-electron chi connectivity index (χ3n) is 5.24. The molecule has 4 rings (SSSR count). The minimum absolute atomic E-state index is 0.195. The molecule has 0 aliphatic carbocycles. The summed E-state index contributed by atoms with van der Waals surface area (Å²) in [6.07, 6.45) is -0.451. The zero-order chi connectivity index (χ0) is 22.8. The molecule has 2 atom stereocenters. The first-order chi connectivity index (χ1) is 15.4. The van der Waals surface area contributed by atoms with Gasteiger partial charge < -0.3 is 19.1 Å². The van der Waals surface area contributed by atoms with E-state index in [0.29, 0.717) is 39.5 Å². The molecular formula is C23H26ClN3O4S. The van der Waals surface area contributed by atoms with Crippen molar-refractivity contribution in [1.29, 1.82) is 0 Å². The fraction of sp³-hybridized carbons (Fsp3) is 0.391. The smallest absolute Gasteiger partial charge is 0.273 e. The molecule has 170 valence electrons. The van der Waals surface area contributed by atoms with Crippen LogP contribution in [0.15, 0.2) is 36.4 Å². The number of para-hydroxylation sites is 2. The van der Waals surface area contributed by atoms with Crippen LogP contribution in [0.2, 0.25) is 5.02 Å². The predicted molar refractivity (Wildman–Crippen MR) is 128 cm³/mol. The lowest BCUT2D eigenvalue weighted by molar-refractivity contribution is -0.130. The fourth-order valence-electron chi connectivity index (χ4n) is 3.61. The Kier molecular flexibility index (Phi) is 6.74. The van der Waals surface area contributed by atoms with Gasteiger partial charge in [0.15, 0.2) is 16.6 Å². The van der Waals surface area contributed by atoms with Crippen molar-refractivity contribution in [2.24, 2.45) is 0 Å². The summed E-state index contributed by atoms with van der Waals surface area (Å²) in [6.45, 7) is 3.17. The van der Waals surface area contributed by atoms with Crippen LogP contribution < -0.4 is 19.1 Å². The highest BCUT2D eigenvalue weighted by Crippen LogP contribution is 2.40. The minimum atomic E-state index is -0.784. The van der Waals surface area contributed by atoms with Gasteiger partial charge in [-0.15, -0.1) is 0 Å². The number of ether oxygens (including phenoxy) is 3. The highest BCUT2D eigenvalue weighted by molar-refractivity contribution is 7.23. The highest BCUT2D eigenvalue weighted by Gasteiger charge is 2.38. The van der Waals surface area contributed by atoms with E-state index in [1.165, 1.54) is 11.3 Å². The zero-order valence-corrected chi connectivity index (χ0v) is 20.1. The second-order valence-corrected chi connectivity index (χ2v) is 9.26. The number of hydrogen-bond acceptors (Lipinski definition) is 7. The molecule has 0 N–H and O–H groups in total. The van der Waals surface area contributed by atoms with Crippen LogP contribution in [-0.4, -0.2) is 62.3 Å². The lowest BCUT2D eigenvalue weighted by Crippen LogP contribution is -2.51. The molecule has 2 unspecified atom stereocenters. The molecular weight excluding hydrogens is 450 g/mol. The first kappa shape index (κ1) is 22.6. The van der Waals surface area contributed by atoms with Crippen molar-refractivity contribution >= 4 is 44.2 Å². The topological polar surface area (TPSA) is 64.1 Å². The molecule has 9 heteroatoms. The summed E-state index contributed by atoms with van der Waals surface area (Å²) in [5.74, 6) is 1.62. The number of rotatable bonds is 7. The average Bonchev–Trinajstić information content (AvgIpc) is 3.22. The maximum Gasteiger partial charge on any atom is 0.273 e. The first-order valence-corrected chi connectivity index (χ1v) is 11.6. The Labute approximate surface area is 196 Å². The lowest BCUT2D eigenvalue weighted by Gasteiger charge is -2.33. The Morgan fingerprint density at radius 3 is 2.56 bits per heavy atom. The van der Waals surface area contributed by atoms with Gasteiger partial charge in [0.1, 0.15) is 17.4 Å². The third-order valence-corrected chi connectivity index (χ3v) is 6.78. The number of benzene rings is 2. The third kappa shape index (κ3) is 4.48. The zero-order valence-electron chi connectivity index (χ0n) is 18.5. The molecule has 1 aliphatic heterocycles. The molecule has 2 heterocycles. The normalized spacial score (nSPS) is 17.6. The molecule has 0 spiro atoms. The van der Waals surface area contributed by atoms with Gasteiger partial charge in [0.2, 0.25) is 6.10 Å². The van der Waals surface area contributed by atoms with Gasteiger partial charge in [-0.3, -0.25) is 9.69 Å². The van der Waals surface area contributed by atoms with E-state index in [9.17, 15) is 4.79 Å². The largest absolute Gasteiger partial charge is 0.494 e. The molecule has 1 amide bonds. The van der Waals surface area contributed by atoms with Crippen LogP contribution in [0.1, 0.15) is 13.3 Å². The van der Waals surface area contributed by atoms with E-state index in [0.717, 1.165) is 17.7 Å². The van der Waals surface area contributed by atoms with Crippen molar-refractivity contribution in [3.8, 4) is 17.2 Å². The lowest BCUT2D eigenvalue weighted by atomic mass is 10.1. The molecule has 1 aromatic heterocycles. The van der Waals surface area contributed by atoms with E-state index < -0.39 is 12.2 Å². The fourth-order valence-corrected chi connectivity index (χ4v) is 4.90. The molecule has 0 fully saturated rings. The summed E-state index contributed by atoms with van der Waals surface area (Å²) in [5.41, 5.74) is 0.643. The average molecular weight is 476 g/mol. The Hall–Kier alpha value is -2.55. The molecule has 32 heavy (non-hydrogen) atoms. The van der Waals surface area contributed by atoms with Crippen LogP contribution in [0.25, 0.3) is 10.2 Å². The van der Waals surface area contributed by atoms with Gasteiger partial charge in [0.25, 0.3) is 5.91 Å². The number of fused-ring (bicyclic) bond motifs is 2. The quantitative estimate of drug-likeness (QED) is 0.502. The number of amides is 1. The number of halogens is 1. The number of methoxy groups -OCH3 is 1. The van der Waals surface area contributed by atoms with Crippen molar-refractivity contribution in [3.63, 3.8) is 0 Å². The van der Waals surface area contributed by atoms with Crippen LogP contribution in [0, 0.1) is 0 Å². The molecule has 0 radical (unpaired) electrons. The van der Waals surface area contributed by atoms with Crippen LogP contribution in [0.3, 0.4) is 0 Å². The van der Waals surface area contributed by atoms with Crippen molar-refractivity contribution in [2.75, 3.05) is 39.2 Å². The van der Waals surface area contributed by atoms with Gasteiger partial charge in [-0.25, -0.2) is 4.98 Å². The number of carbonyl (C=O) groups is 1. The van der Waals surface area contributed by atoms with Gasteiger partial charge >= 0.3 is 0 Å². The van der Waals surface area contributed by atoms with Crippen molar-refractivity contribution in [2.45, 2.75) is 25.6 Å². The van der Waals surface area contributed by atoms with E-state index in [4.69, 9.17) is 30.8 Å². The van der Waals surface area contributed by atoms with Crippen molar-refractivity contribution < 1.29 is 19.0 Å². The molecule has 0 saturated carbocycles. The number of carbonyl (C=O) groups excluding carboxylic acids is 1. The highest BCUT2D eigenvalue weighted by atomic mass is 35.5. The summed E-state index contributed by atoms with van der Waals surface area (Å²) in [6, 6.07) is 10.9. The van der Waals surface area contributed by atoms with E-state index in [1.54, 1.807) is 30.2 Å². The molecule has 2 aromatic carbocycles. The van der Waals surface area contributed by atoms with E-state index in [-0.39, 0.29) is 5.91 Å². The molecule has 1 aliphatic rings. The van der Waals surface area contributed by atoms with Crippen molar-refractivity contribution in [3.05, 3.63) is 41.4 Å². The summed E-state index contributed by atoms with van der Waals surface area (Å²) >= 11 is 7.79. The second kappa shape index (κ2) is 9.52. The van der Waals surface area contributed by atoms with Gasteiger partial charge in [-0.05, 0) is 58.3 Å². The Morgan fingerprint density at radius 1 is 1.16 bits per heavy atom.